The monoisotopic (exact) mass is 513 g/mol. The van der Waals surface area contributed by atoms with Gasteiger partial charge in [0.25, 0.3) is 5.91 Å². The lowest BCUT2D eigenvalue weighted by Crippen LogP contribution is -2.47. The number of para-hydroxylation sites is 2. The third kappa shape index (κ3) is 5.70. The van der Waals surface area contributed by atoms with Gasteiger partial charge in [0.15, 0.2) is 5.16 Å². The van der Waals surface area contributed by atoms with E-state index < -0.39 is 0 Å². The maximum atomic E-state index is 13.4. The van der Waals surface area contributed by atoms with Crippen molar-refractivity contribution in [2.45, 2.75) is 17.3 Å². The summed E-state index contributed by atoms with van der Waals surface area (Å²) in [6.07, 6.45) is 0.644. The molecule has 0 atom stereocenters. The zero-order valence-corrected chi connectivity index (χ0v) is 22.0. The predicted molar refractivity (Wildman–Crippen MR) is 147 cm³/mol. The van der Waals surface area contributed by atoms with E-state index in [1.807, 2.05) is 71.6 Å². The SMILES string of the molecule is COc1ccccc1-n1c(Cc2ccccc2)nnc1SCc1ccccc1C(=O)N1CCN(C)CC1. The van der Waals surface area contributed by atoms with E-state index in [4.69, 9.17) is 4.74 Å². The predicted octanol–water partition coefficient (Wildman–Crippen LogP) is 4.55. The lowest BCUT2D eigenvalue weighted by Gasteiger charge is -2.32. The number of hydrogen-bond donors (Lipinski definition) is 0. The van der Waals surface area contributed by atoms with Gasteiger partial charge in [-0.1, -0.05) is 72.4 Å². The van der Waals surface area contributed by atoms with E-state index in [2.05, 4.69) is 38.8 Å². The summed E-state index contributed by atoms with van der Waals surface area (Å²) in [5, 5.41) is 9.90. The Kier molecular flexibility index (Phi) is 7.87. The minimum Gasteiger partial charge on any atom is -0.495 e. The summed E-state index contributed by atoms with van der Waals surface area (Å²) in [7, 11) is 3.77. The van der Waals surface area contributed by atoms with Crippen molar-refractivity contribution in [2.75, 3.05) is 40.3 Å². The third-order valence-electron chi connectivity index (χ3n) is 6.63. The molecule has 4 aromatic rings. The summed E-state index contributed by atoms with van der Waals surface area (Å²) < 4.78 is 7.75. The Morgan fingerprint density at radius 3 is 2.38 bits per heavy atom. The first kappa shape index (κ1) is 25.0. The van der Waals surface area contributed by atoms with Gasteiger partial charge in [-0.3, -0.25) is 9.36 Å². The van der Waals surface area contributed by atoms with Crippen LogP contribution < -0.4 is 4.74 Å². The van der Waals surface area contributed by atoms with Gasteiger partial charge in [0.2, 0.25) is 0 Å². The molecule has 7 nitrogen and oxygen atoms in total. The Labute approximate surface area is 222 Å². The molecular formula is C29H31N5O2S. The lowest BCUT2D eigenvalue weighted by molar-refractivity contribution is 0.0663. The first-order valence-electron chi connectivity index (χ1n) is 12.4. The number of piperazine rings is 1. The van der Waals surface area contributed by atoms with Crippen molar-refractivity contribution in [3.05, 3.63) is 101 Å². The van der Waals surface area contributed by atoms with E-state index in [-0.39, 0.29) is 5.91 Å². The molecule has 1 aromatic heterocycles. The third-order valence-corrected chi connectivity index (χ3v) is 7.60. The van der Waals surface area contributed by atoms with Crippen LogP contribution in [0.3, 0.4) is 0 Å². The molecule has 0 unspecified atom stereocenters. The highest BCUT2D eigenvalue weighted by Crippen LogP contribution is 2.31. The van der Waals surface area contributed by atoms with Crippen molar-refractivity contribution in [1.82, 2.24) is 24.6 Å². The normalized spacial score (nSPS) is 14.1. The molecule has 37 heavy (non-hydrogen) atoms. The summed E-state index contributed by atoms with van der Waals surface area (Å²) >= 11 is 1.58. The molecule has 0 radical (unpaired) electrons. The van der Waals surface area contributed by atoms with Gasteiger partial charge >= 0.3 is 0 Å². The van der Waals surface area contributed by atoms with E-state index in [0.717, 1.165) is 65.3 Å². The van der Waals surface area contributed by atoms with Crippen LogP contribution in [0.2, 0.25) is 0 Å². The summed E-state index contributed by atoms with van der Waals surface area (Å²) in [4.78, 5) is 17.6. The number of carbonyl (C=O) groups is 1. The highest BCUT2D eigenvalue weighted by atomic mass is 32.2. The smallest absolute Gasteiger partial charge is 0.254 e. The van der Waals surface area contributed by atoms with Crippen molar-refractivity contribution >= 4 is 17.7 Å². The van der Waals surface area contributed by atoms with E-state index >= 15 is 0 Å². The van der Waals surface area contributed by atoms with Crippen molar-refractivity contribution < 1.29 is 9.53 Å². The quantitative estimate of drug-likeness (QED) is 0.322. The summed E-state index contributed by atoms with van der Waals surface area (Å²) in [5.41, 5.74) is 3.80. The zero-order chi connectivity index (χ0) is 25.6. The van der Waals surface area contributed by atoms with Crippen LogP contribution in [0.15, 0.2) is 84.0 Å². The number of methoxy groups -OCH3 is 1. The van der Waals surface area contributed by atoms with Crippen molar-refractivity contribution in [3.8, 4) is 11.4 Å². The number of carbonyl (C=O) groups excluding carboxylic acids is 1. The molecule has 3 aromatic carbocycles. The Balaban J connectivity index is 1.43. The molecule has 0 saturated carbocycles. The van der Waals surface area contributed by atoms with Gasteiger partial charge in [0.05, 0.1) is 12.8 Å². The number of benzene rings is 3. The average molecular weight is 514 g/mol. The number of hydrogen-bond acceptors (Lipinski definition) is 6. The Morgan fingerprint density at radius 2 is 1.59 bits per heavy atom. The molecule has 2 heterocycles. The van der Waals surface area contributed by atoms with E-state index in [1.165, 1.54) is 0 Å². The van der Waals surface area contributed by atoms with Gasteiger partial charge in [0.1, 0.15) is 11.6 Å². The number of ether oxygens (including phenoxy) is 1. The van der Waals surface area contributed by atoms with Gasteiger partial charge < -0.3 is 14.5 Å². The summed E-state index contributed by atoms with van der Waals surface area (Å²) in [6.45, 7) is 3.30. The van der Waals surface area contributed by atoms with Crippen molar-refractivity contribution in [1.29, 1.82) is 0 Å². The van der Waals surface area contributed by atoms with Gasteiger partial charge in [-0.2, -0.15) is 0 Å². The van der Waals surface area contributed by atoms with Crippen LogP contribution in [0, 0.1) is 0 Å². The minimum atomic E-state index is 0.0975. The average Bonchev–Trinajstić information content (AvgIpc) is 3.34. The largest absolute Gasteiger partial charge is 0.495 e. The van der Waals surface area contributed by atoms with Crippen LogP contribution in [-0.4, -0.2) is 70.8 Å². The van der Waals surface area contributed by atoms with Crippen LogP contribution in [0.25, 0.3) is 5.69 Å². The van der Waals surface area contributed by atoms with E-state index in [0.29, 0.717) is 12.2 Å². The maximum Gasteiger partial charge on any atom is 0.254 e. The molecule has 0 aliphatic carbocycles. The second-order valence-electron chi connectivity index (χ2n) is 9.11. The minimum absolute atomic E-state index is 0.0975. The van der Waals surface area contributed by atoms with E-state index in [9.17, 15) is 4.79 Å². The summed E-state index contributed by atoms with van der Waals surface area (Å²) in [5.74, 6) is 2.29. The number of thioether (sulfide) groups is 1. The molecule has 5 rings (SSSR count). The van der Waals surface area contributed by atoms with Gasteiger partial charge in [-0.25, -0.2) is 0 Å². The number of likely N-dealkylation sites (N-methyl/N-ethyl adjacent to an activating group) is 1. The molecule has 1 fully saturated rings. The van der Waals surface area contributed by atoms with Gasteiger partial charge in [0, 0.05) is 43.9 Å². The van der Waals surface area contributed by atoms with Crippen LogP contribution in [0.4, 0.5) is 0 Å². The van der Waals surface area contributed by atoms with Crippen LogP contribution in [0.1, 0.15) is 27.3 Å². The number of aromatic nitrogens is 3. The zero-order valence-electron chi connectivity index (χ0n) is 21.2. The fourth-order valence-electron chi connectivity index (χ4n) is 4.52. The number of rotatable bonds is 8. The standard InChI is InChI=1S/C29H31N5O2S/c1-32-16-18-33(19-17-32)28(35)24-13-7-6-12-23(24)21-37-29-31-30-27(20-22-10-4-3-5-11-22)34(29)25-14-8-9-15-26(25)36-2/h3-15H,16-21H2,1-2H3. The Bertz CT molecular complexity index is 1350. The molecule has 190 valence electrons. The Hall–Kier alpha value is -3.62. The molecule has 1 saturated heterocycles. The molecule has 1 aliphatic heterocycles. The summed E-state index contributed by atoms with van der Waals surface area (Å²) in [6, 6.07) is 26.1. The second-order valence-corrected chi connectivity index (χ2v) is 10.1. The first-order valence-corrected chi connectivity index (χ1v) is 13.4. The maximum absolute atomic E-state index is 13.4. The molecular weight excluding hydrogens is 482 g/mol. The molecule has 0 spiro atoms. The van der Waals surface area contributed by atoms with E-state index in [1.54, 1.807) is 18.9 Å². The van der Waals surface area contributed by atoms with Gasteiger partial charge in [-0.05, 0) is 36.4 Å². The highest BCUT2D eigenvalue weighted by Gasteiger charge is 2.23. The number of nitrogens with zero attached hydrogens (tertiary/aromatic N) is 5. The van der Waals surface area contributed by atoms with Crippen LogP contribution in [-0.2, 0) is 12.2 Å². The molecule has 8 heteroatoms. The topological polar surface area (TPSA) is 63.5 Å². The first-order chi connectivity index (χ1) is 18.1. The fourth-order valence-corrected chi connectivity index (χ4v) is 5.49. The molecule has 1 aliphatic rings. The van der Waals surface area contributed by atoms with Crippen LogP contribution in [0.5, 0.6) is 5.75 Å². The van der Waals surface area contributed by atoms with Crippen LogP contribution >= 0.6 is 11.8 Å². The van der Waals surface area contributed by atoms with Gasteiger partial charge in [-0.15, -0.1) is 10.2 Å². The molecule has 1 amide bonds. The fraction of sp³-hybridized carbons (Fsp3) is 0.276. The lowest BCUT2D eigenvalue weighted by atomic mass is 10.1. The van der Waals surface area contributed by atoms with Crippen molar-refractivity contribution in [3.63, 3.8) is 0 Å². The Morgan fingerprint density at radius 1 is 0.892 bits per heavy atom. The van der Waals surface area contributed by atoms with Crippen molar-refractivity contribution in [2.24, 2.45) is 0 Å². The number of amides is 1. The molecule has 0 bridgehead atoms. The molecule has 0 N–H and O–H groups in total. The second kappa shape index (κ2) is 11.6. The highest BCUT2D eigenvalue weighted by molar-refractivity contribution is 7.98.